The van der Waals surface area contributed by atoms with Gasteiger partial charge in [-0.05, 0) is 98.1 Å². The van der Waals surface area contributed by atoms with E-state index < -0.39 is 105 Å². The second kappa shape index (κ2) is 15.9. The molecule has 15 nitrogen and oxygen atoms in total. The number of alkyl halides is 3. The number of primary amides is 2. The van der Waals surface area contributed by atoms with Gasteiger partial charge in [-0.3, -0.25) is 39.6 Å². The van der Waals surface area contributed by atoms with Crippen LogP contribution >= 0.6 is 0 Å². The third-order valence-corrected chi connectivity index (χ3v) is 15.6. The summed E-state index contributed by atoms with van der Waals surface area (Å²) < 4.78 is 42.4. The molecule has 4 bridgehead atoms. The van der Waals surface area contributed by atoms with Crippen LogP contribution in [0.3, 0.4) is 0 Å². The Labute approximate surface area is 373 Å². The Morgan fingerprint density at radius 1 is 0.585 bits per heavy atom. The lowest BCUT2D eigenvalue weighted by molar-refractivity contribution is -0.150. The number of likely N-dealkylation sites (tertiary alicyclic amines) is 2. The number of nitrogens with zero attached hydrogens (tertiary/aromatic N) is 3. The van der Waals surface area contributed by atoms with E-state index in [9.17, 15) is 52.2 Å². The van der Waals surface area contributed by atoms with Gasteiger partial charge in [0.15, 0.2) is 0 Å². The molecule has 10 rings (SSSR count). The summed E-state index contributed by atoms with van der Waals surface area (Å²) in [6.45, 7) is 7.46. The van der Waals surface area contributed by atoms with E-state index in [0.717, 1.165) is 12.1 Å². The van der Waals surface area contributed by atoms with Crippen LogP contribution in [-0.2, 0) is 36.4 Å². The van der Waals surface area contributed by atoms with Crippen molar-refractivity contribution in [3.8, 4) is 0 Å². The van der Waals surface area contributed by atoms with Gasteiger partial charge in [-0.15, -0.1) is 0 Å². The number of imide groups is 2. The fourth-order valence-corrected chi connectivity index (χ4v) is 13.5. The number of rotatable bonds is 9. The van der Waals surface area contributed by atoms with Gasteiger partial charge in [-0.25, -0.2) is 9.59 Å². The highest BCUT2D eigenvalue weighted by Crippen LogP contribution is 2.60. The maximum atomic E-state index is 14.9. The maximum Gasteiger partial charge on any atom is 0.416 e. The molecule has 3 heterocycles. The minimum atomic E-state index is -4.64. The van der Waals surface area contributed by atoms with Gasteiger partial charge in [0.2, 0.25) is 11.8 Å². The van der Waals surface area contributed by atoms with Gasteiger partial charge in [0.25, 0.3) is 11.8 Å². The molecule has 8 atom stereocenters. The minimum absolute atomic E-state index is 0.279. The molecule has 8 N–H and O–H groups in total. The van der Waals surface area contributed by atoms with Crippen molar-refractivity contribution in [2.24, 2.45) is 22.3 Å². The van der Waals surface area contributed by atoms with Crippen molar-refractivity contribution in [2.75, 3.05) is 18.0 Å². The predicted octanol–water partition coefficient (Wildman–Crippen LogP) is 5.57. The number of carbonyl (C=O) groups is 6. The third-order valence-electron chi connectivity index (χ3n) is 15.6. The van der Waals surface area contributed by atoms with Crippen LogP contribution in [0.15, 0.2) is 72.8 Å². The van der Waals surface area contributed by atoms with E-state index in [2.05, 4.69) is 15.5 Å². The number of fused-ring (bicyclic) bond motifs is 8. The van der Waals surface area contributed by atoms with Gasteiger partial charge >= 0.3 is 18.4 Å². The van der Waals surface area contributed by atoms with Crippen molar-refractivity contribution in [3.63, 3.8) is 0 Å². The molecular weight excluding hydrogens is 848 g/mol. The van der Waals surface area contributed by atoms with Crippen molar-refractivity contribution < 1.29 is 52.2 Å². The number of nitrogens with two attached hydrogens (primary N) is 2. The third kappa shape index (κ3) is 6.68. The van der Waals surface area contributed by atoms with Crippen molar-refractivity contribution in [3.05, 3.63) is 101 Å². The number of anilines is 1. The highest BCUT2D eigenvalue weighted by molar-refractivity contribution is 6.01. The zero-order valence-electron chi connectivity index (χ0n) is 36.5. The Kier molecular flexibility index (Phi) is 11.1. The van der Waals surface area contributed by atoms with Crippen LogP contribution in [0.25, 0.3) is 0 Å². The van der Waals surface area contributed by atoms with Crippen LogP contribution < -0.4 is 27.0 Å². The van der Waals surface area contributed by atoms with E-state index in [0.29, 0.717) is 66.5 Å². The molecular formula is C47H54F3N7O8. The Hall–Kier alpha value is -6.01. The normalized spacial score (nSPS) is 30.4. The Bertz CT molecular complexity index is 2290. The van der Waals surface area contributed by atoms with E-state index in [-0.39, 0.29) is 13.1 Å². The Balaban J connectivity index is 1.30. The minimum Gasteiger partial charge on any atom is -0.465 e. The molecule has 0 radical (unpaired) electrons. The molecule has 346 valence electrons. The van der Waals surface area contributed by atoms with Crippen LogP contribution in [0, 0.1) is 10.8 Å². The second-order valence-electron chi connectivity index (χ2n) is 19.3. The SMILES string of the molecule is CC1(C)C(C(N)=O)c2ccc(cc2)[C@@]1(C(=O)NC(=O)O)N1CCCC1[C@H]1CC[C@H](C2CCCN2[C@]2(C(=O)NC(=O)O)c3ccc(cc3)C(C(N)=O)C2(C)C)N1c1ccc(C(F)(F)F)cc1. The number of hydrogen-bond acceptors (Lipinski definition) is 9. The van der Waals surface area contributed by atoms with Gasteiger partial charge in [-0.1, -0.05) is 76.2 Å². The molecule has 3 saturated heterocycles. The lowest BCUT2D eigenvalue weighted by atomic mass is 9.60. The van der Waals surface area contributed by atoms with Crippen molar-refractivity contribution in [1.29, 1.82) is 0 Å². The Morgan fingerprint density at radius 3 is 1.28 bits per heavy atom. The summed E-state index contributed by atoms with van der Waals surface area (Å²) in [5.41, 5.74) is 7.45. The first-order valence-electron chi connectivity index (χ1n) is 21.9. The molecule has 18 heteroatoms. The molecule has 65 heavy (non-hydrogen) atoms. The second-order valence-corrected chi connectivity index (χ2v) is 19.3. The van der Waals surface area contributed by atoms with Crippen molar-refractivity contribution in [1.82, 2.24) is 20.4 Å². The van der Waals surface area contributed by atoms with Gasteiger partial charge in [0.05, 0.1) is 17.4 Å². The van der Waals surface area contributed by atoms with Crippen LogP contribution in [0.5, 0.6) is 0 Å². The molecule has 7 aliphatic rings. The lowest BCUT2D eigenvalue weighted by Crippen LogP contribution is -2.70. The molecule has 0 spiro atoms. The zero-order valence-corrected chi connectivity index (χ0v) is 36.5. The van der Waals surface area contributed by atoms with Crippen molar-refractivity contribution >= 4 is 41.5 Å². The number of amides is 6. The van der Waals surface area contributed by atoms with E-state index in [1.54, 1.807) is 76.2 Å². The number of halogens is 3. The van der Waals surface area contributed by atoms with Gasteiger partial charge in [0, 0.05) is 40.7 Å². The first-order chi connectivity index (χ1) is 30.5. The standard InChI is InChI=1S/C47H54F3N7O8/c1-43(2)35(37(51)58)25-9-13-27(14-10-25)45(43,39(60)53-41(62)63)55-23-5-7-31(55)33-21-22-34(57(33)30-19-17-29(18-20-30)47(48,49)50)32-8-6-24-56(32)46(40(61)54-42(64)65)28-15-11-26(12-16-28)36(38(52)59)44(46,3)4/h9-20,31-36H,5-8,21-24H2,1-4H3,(H2,51,58)(H2,52,59)(H,53,60)(H,54,61)(H,62,63)(H,64,65)/t31?,32?,33-,34-,35?,36?,45+,46+/m1/s1. The summed E-state index contributed by atoms with van der Waals surface area (Å²) in [5.74, 6) is -5.27. The summed E-state index contributed by atoms with van der Waals surface area (Å²) in [7, 11) is 0. The molecule has 0 aromatic heterocycles. The van der Waals surface area contributed by atoms with E-state index >= 15 is 0 Å². The van der Waals surface area contributed by atoms with Crippen LogP contribution in [0.2, 0.25) is 0 Å². The molecule has 6 amide bonds. The van der Waals surface area contributed by atoms with Crippen molar-refractivity contribution in [2.45, 2.75) is 119 Å². The highest BCUT2D eigenvalue weighted by atomic mass is 19.4. The summed E-state index contributed by atoms with van der Waals surface area (Å²) >= 11 is 0. The molecule has 4 unspecified atom stereocenters. The number of benzene rings is 3. The lowest BCUT2D eigenvalue weighted by Gasteiger charge is -2.56. The van der Waals surface area contributed by atoms with E-state index in [1.165, 1.54) is 12.1 Å². The molecule has 3 fully saturated rings. The molecule has 3 aromatic rings. The maximum absolute atomic E-state index is 14.9. The predicted molar refractivity (Wildman–Crippen MR) is 230 cm³/mol. The Morgan fingerprint density at radius 2 is 0.954 bits per heavy atom. The fraction of sp³-hybridized carbons (Fsp3) is 0.489. The number of carbonyl (C=O) groups excluding carboxylic acids is 4. The first-order valence-corrected chi connectivity index (χ1v) is 21.9. The topological polar surface area (TPSA) is 229 Å². The number of carboxylic acid groups (broad SMARTS) is 2. The van der Waals surface area contributed by atoms with E-state index in [1.807, 2.05) is 9.80 Å². The average Bonchev–Trinajstić information content (AvgIpc) is 3.94. The summed E-state index contributed by atoms with van der Waals surface area (Å²) in [4.78, 5) is 87.5. The summed E-state index contributed by atoms with van der Waals surface area (Å²) in [6.07, 6.45) is -4.94. The first kappa shape index (κ1) is 45.6. The monoisotopic (exact) mass is 901 g/mol. The fourth-order valence-electron chi connectivity index (χ4n) is 13.5. The average molecular weight is 902 g/mol. The van der Waals surface area contributed by atoms with Gasteiger partial charge < -0.3 is 26.6 Å². The van der Waals surface area contributed by atoms with E-state index in [4.69, 9.17) is 11.5 Å². The molecule has 3 aromatic carbocycles. The zero-order chi connectivity index (χ0) is 47.2. The number of hydrogen-bond donors (Lipinski definition) is 6. The van der Waals surface area contributed by atoms with Crippen LogP contribution in [0.1, 0.15) is 106 Å². The number of nitrogens with one attached hydrogen (secondary N) is 2. The van der Waals surface area contributed by atoms with Gasteiger partial charge in [-0.2, -0.15) is 13.2 Å². The molecule has 0 saturated carbocycles. The highest BCUT2D eigenvalue weighted by Gasteiger charge is 2.67. The van der Waals surface area contributed by atoms with Crippen LogP contribution in [0.4, 0.5) is 28.4 Å². The summed E-state index contributed by atoms with van der Waals surface area (Å²) in [6, 6.07) is 16.3. The summed E-state index contributed by atoms with van der Waals surface area (Å²) in [5, 5.41) is 24.4. The molecule has 4 aliphatic carbocycles. The molecule has 3 aliphatic heterocycles. The smallest absolute Gasteiger partial charge is 0.416 e. The largest absolute Gasteiger partial charge is 0.465 e. The quantitative estimate of drug-likeness (QED) is 0.156. The van der Waals surface area contributed by atoms with Crippen LogP contribution in [-0.4, -0.2) is 93.1 Å². The van der Waals surface area contributed by atoms with Gasteiger partial charge in [0.1, 0.15) is 11.1 Å².